The summed E-state index contributed by atoms with van der Waals surface area (Å²) < 4.78 is 0. The Morgan fingerprint density at radius 2 is 1.65 bits per heavy atom. The van der Waals surface area contributed by atoms with Crippen LogP contribution in [0.5, 0.6) is 0 Å². The first kappa shape index (κ1) is 19.9. The maximum atomic E-state index is 5.87. The van der Waals surface area contributed by atoms with Gasteiger partial charge in [0.15, 0.2) is 11.0 Å². The molecule has 3 N–H and O–H groups in total. The van der Waals surface area contributed by atoms with E-state index in [4.69, 9.17) is 40.5 Å². The van der Waals surface area contributed by atoms with E-state index in [-0.39, 0.29) is 17.6 Å². The zero-order chi connectivity index (χ0) is 15.9. The lowest BCUT2D eigenvalue weighted by molar-refractivity contribution is 0.874. The highest BCUT2D eigenvalue weighted by molar-refractivity contribution is 6.32. The summed E-state index contributed by atoms with van der Waals surface area (Å²) in [7, 11) is 0. The van der Waals surface area contributed by atoms with Gasteiger partial charge in [-0.3, -0.25) is 0 Å². The van der Waals surface area contributed by atoms with Gasteiger partial charge in [-0.2, -0.15) is 0 Å². The zero-order valence-electron chi connectivity index (χ0n) is 12.2. The van der Waals surface area contributed by atoms with Crippen molar-refractivity contribution in [1.82, 2.24) is 9.97 Å². The van der Waals surface area contributed by atoms with Gasteiger partial charge in [-0.1, -0.05) is 11.6 Å². The molecule has 0 spiro atoms. The number of halogens is 4. The number of alkyl halides is 2. The fraction of sp³-hybridized carbons (Fsp3) is 0.286. The van der Waals surface area contributed by atoms with Crippen LogP contribution in [0.2, 0.25) is 5.15 Å². The first-order valence-corrected chi connectivity index (χ1v) is 8.10. The number of aromatic nitrogens is 2. The van der Waals surface area contributed by atoms with Gasteiger partial charge in [-0.05, 0) is 24.3 Å². The second-order valence-electron chi connectivity index (χ2n) is 4.46. The molecule has 0 aliphatic heterocycles. The lowest BCUT2D eigenvalue weighted by Crippen LogP contribution is -2.27. The van der Waals surface area contributed by atoms with Crippen molar-refractivity contribution in [3.63, 3.8) is 0 Å². The Hall–Kier alpha value is -1.14. The van der Waals surface area contributed by atoms with Crippen LogP contribution >= 0.6 is 47.2 Å². The van der Waals surface area contributed by atoms with Crippen LogP contribution in [0.4, 0.5) is 22.9 Å². The number of anilines is 4. The molecule has 0 aliphatic rings. The Morgan fingerprint density at radius 3 is 2.22 bits per heavy atom. The van der Waals surface area contributed by atoms with Crippen LogP contribution in [0, 0.1) is 0 Å². The Morgan fingerprint density at radius 1 is 1.04 bits per heavy atom. The van der Waals surface area contributed by atoms with Crippen LogP contribution in [0.15, 0.2) is 30.6 Å². The number of nitrogens with one attached hydrogen (secondary N) is 1. The average molecular weight is 397 g/mol. The van der Waals surface area contributed by atoms with Crippen molar-refractivity contribution >= 4 is 70.1 Å². The molecule has 5 nitrogen and oxygen atoms in total. The molecule has 1 aromatic carbocycles. The molecular formula is C14H17Cl4N5. The van der Waals surface area contributed by atoms with Crippen LogP contribution in [-0.4, -0.2) is 34.8 Å². The number of nitrogen functional groups attached to an aromatic ring is 1. The molecule has 0 saturated heterocycles. The van der Waals surface area contributed by atoms with E-state index < -0.39 is 0 Å². The number of rotatable bonds is 7. The fourth-order valence-corrected chi connectivity index (χ4v) is 2.48. The third-order valence-corrected chi connectivity index (χ3v) is 3.68. The van der Waals surface area contributed by atoms with Crippen molar-refractivity contribution < 1.29 is 0 Å². The number of hydrogen-bond acceptors (Lipinski definition) is 5. The minimum atomic E-state index is 0. The van der Waals surface area contributed by atoms with E-state index in [1.165, 1.54) is 6.33 Å². The Bertz CT molecular complexity index is 603. The first-order chi connectivity index (χ1) is 10.7. The number of hydrogen-bond donors (Lipinski definition) is 2. The monoisotopic (exact) mass is 395 g/mol. The second kappa shape index (κ2) is 9.88. The summed E-state index contributed by atoms with van der Waals surface area (Å²) in [4.78, 5) is 10.0. The van der Waals surface area contributed by atoms with E-state index in [1.54, 1.807) is 0 Å². The fourth-order valence-electron chi connectivity index (χ4n) is 1.94. The molecule has 1 aromatic heterocycles. The van der Waals surface area contributed by atoms with Crippen molar-refractivity contribution in [3.05, 3.63) is 35.7 Å². The van der Waals surface area contributed by atoms with E-state index in [0.29, 0.717) is 23.3 Å². The summed E-state index contributed by atoms with van der Waals surface area (Å²) in [5.41, 5.74) is 8.05. The topological polar surface area (TPSA) is 67.1 Å². The molecule has 0 saturated carbocycles. The Balaban J connectivity index is 0.00000264. The molecule has 23 heavy (non-hydrogen) atoms. The molecule has 0 aliphatic carbocycles. The van der Waals surface area contributed by atoms with Gasteiger partial charge in [0.1, 0.15) is 12.0 Å². The molecule has 0 unspecified atom stereocenters. The quantitative estimate of drug-likeness (QED) is 0.543. The Kier molecular flexibility index (Phi) is 8.55. The molecule has 1 heterocycles. The summed E-state index contributed by atoms with van der Waals surface area (Å²) in [6.45, 7) is 1.49. The molecule has 0 amide bonds. The van der Waals surface area contributed by atoms with Gasteiger partial charge >= 0.3 is 0 Å². The summed E-state index contributed by atoms with van der Waals surface area (Å²) >= 11 is 17.5. The number of nitrogens with two attached hydrogens (primary N) is 1. The molecule has 0 atom stereocenters. The third kappa shape index (κ3) is 5.46. The second-order valence-corrected chi connectivity index (χ2v) is 5.58. The van der Waals surface area contributed by atoms with Crippen molar-refractivity contribution in [2.24, 2.45) is 0 Å². The van der Waals surface area contributed by atoms with E-state index in [9.17, 15) is 0 Å². The molecule has 126 valence electrons. The van der Waals surface area contributed by atoms with Gasteiger partial charge in [0.25, 0.3) is 0 Å². The Labute approximate surface area is 156 Å². The number of nitrogens with zero attached hydrogens (tertiary/aromatic N) is 3. The first-order valence-electron chi connectivity index (χ1n) is 6.65. The molecule has 0 bridgehead atoms. The van der Waals surface area contributed by atoms with Crippen molar-refractivity contribution in [2.75, 3.05) is 40.8 Å². The van der Waals surface area contributed by atoms with E-state index in [1.807, 2.05) is 24.3 Å². The van der Waals surface area contributed by atoms with Crippen molar-refractivity contribution in [1.29, 1.82) is 0 Å². The SMILES string of the molecule is Cl.Nc1c(Cl)ncnc1Nc1ccc(N(CCCl)CCCl)cc1. The summed E-state index contributed by atoms with van der Waals surface area (Å²) in [6, 6.07) is 7.83. The van der Waals surface area contributed by atoms with Gasteiger partial charge in [-0.25, -0.2) is 9.97 Å². The summed E-state index contributed by atoms with van der Waals surface area (Å²) in [5.74, 6) is 1.57. The van der Waals surface area contributed by atoms with Crippen LogP contribution in [0.25, 0.3) is 0 Å². The van der Waals surface area contributed by atoms with E-state index in [0.717, 1.165) is 24.5 Å². The van der Waals surface area contributed by atoms with E-state index in [2.05, 4.69) is 20.2 Å². The largest absolute Gasteiger partial charge is 0.393 e. The molecule has 0 radical (unpaired) electrons. The lowest BCUT2D eigenvalue weighted by Gasteiger charge is -2.23. The average Bonchev–Trinajstić information content (AvgIpc) is 2.52. The van der Waals surface area contributed by atoms with Gasteiger partial charge in [0.05, 0.1) is 0 Å². The van der Waals surface area contributed by atoms with Crippen molar-refractivity contribution in [2.45, 2.75) is 0 Å². The zero-order valence-corrected chi connectivity index (χ0v) is 15.3. The summed E-state index contributed by atoms with van der Waals surface area (Å²) in [5, 5.41) is 3.34. The minimum absolute atomic E-state index is 0. The smallest absolute Gasteiger partial charge is 0.158 e. The van der Waals surface area contributed by atoms with Gasteiger partial charge in [0.2, 0.25) is 0 Å². The van der Waals surface area contributed by atoms with Gasteiger partial charge in [0, 0.05) is 36.2 Å². The summed E-state index contributed by atoms with van der Waals surface area (Å²) in [6.07, 6.45) is 1.36. The number of benzene rings is 1. The maximum absolute atomic E-state index is 5.87. The lowest BCUT2D eigenvalue weighted by atomic mass is 10.2. The highest BCUT2D eigenvalue weighted by Gasteiger charge is 2.08. The van der Waals surface area contributed by atoms with Gasteiger partial charge in [-0.15, -0.1) is 35.6 Å². The van der Waals surface area contributed by atoms with Crippen LogP contribution in [0.1, 0.15) is 0 Å². The highest BCUT2D eigenvalue weighted by atomic mass is 35.5. The molecule has 0 fully saturated rings. The predicted octanol–water partition coefficient (Wildman–Crippen LogP) is 4.16. The van der Waals surface area contributed by atoms with Crippen molar-refractivity contribution in [3.8, 4) is 0 Å². The predicted molar refractivity (Wildman–Crippen MR) is 102 cm³/mol. The molecular weight excluding hydrogens is 380 g/mol. The van der Waals surface area contributed by atoms with E-state index >= 15 is 0 Å². The molecule has 2 aromatic rings. The van der Waals surface area contributed by atoms with Crippen LogP contribution in [0.3, 0.4) is 0 Å². The third-order valence-electron chi connectivity index (χ3n) is 3.04. The van der Waals surface area contributed by atoms with Crippen LogP contribution < -0.4 is 16.0 Å². The minimum Gasteiger partial charge on any atom is -0.393 e. The van der Waals surface area contributed by atoms with Crippen LogP contribution in [-0.2, 0) is 0 Å². The van der Waals surface area contributed by atoms with Gasteiger partial charge < -0.3 is 16.0 Å². The highest BCUT2D eigenvalue weighted by Crippen LogP contribution is 2.26. The molecule has 9 heteroatoms. The molecule has 2 rings (SSSR count). The maximum Gasteiger partial charge on any atom is 0.158 e. The normalized spacial score (nSPS) is 10.0. The standard InChI is InChI=1S/C14H16Cl3N5.ClH/c15-5-7-22(8-6-16)11-3-1-10(2-4-11)21-14-12(18)13(17)19-9-20-14;/h1-4,9H,5-8,18H2,(H,19,20,21);1H.